The van der Waals surface area contributed by atoms with Crippen LogP contribution in [0.15, 0.2) is 24.3 Å². The second-order valence-corrected chi connectivity index (χ2v) is 12.7. The van der Waals surface area contributed by atoms with Crippen molar-refractivity contribution < 1.29 is 29.0 Å². The molecule has 0 amide bonds. The Labute approximate surface area is 277 Å². The fraction of sp³-hybridized carbons (Fsp3) is 0.821. The van der Waals surface area contributed by atoms with E-state index in [0.29, 0.717) is 12.8 Å². The molecular weight excluding hydrogens is 564 g/mol. The standard InChI is InChI=1S/C39H70O6/c1-4-6-8-10-12-14-16-18-19-21-23-25-27-29-31-33-38(42)45-37(34-44-35(3)40)39(43)36(41)32-30-28-26-24-22-20-17-15-13-11-9-7-5-2/h12,14,18-19,37,39,43H,4-11,13,15-17,20-34H2,1-3H3/b14-12-,19-18-/t37-,39?/m0/s1. The van der Waals surface area contributed by atoms with Crippen LogP contribution in [0.2, 0.25) is 0 Å². The van der Waals surface area contributed by atoms with E-state index in [2.05, 4.69) is 38.2 Å². The number of allylic oxidation sites excluding steroid dienone is 4. The summed E-state index contributed by atoms with van der Waals surface area (Å²) in [4.78, 5) is 36.4. The lowest BCUT2D eigenvalue weighted by atomic mass is 10.0. The van der Waals surface area contributed by atoms with Gasteiger partial charge < -0.3 is 14.6 Å². The number of aliphatic hydroxyl groups excluding tert-OH is 1. The smallest absolute Gasteiger partial charge is 0.306 e. The molecule has 0 bridgehead atoms. The number of carbonyl (C=O) groups excluding carboxylic acids is 3. The highest BCUT2D eigenvalue weighted by molar-refractivity contribution is 5.84. The van der Waals surface area contributed by atoms with Crippen LogP contribution in [0.1, 0.15) is 188 Å². The minimum Gasteiger partial charge on any atom is -0.462 e. The quantitative estimate of drug-likeness (QED) is 0.0439. The highest BCUT2D eigenvalue weighted by atomic mass is 16.6. The maximum Gasteiger partial charge on any atom is 0.306 e. The van der Waals surface area contributed by atoms with E-state index >= 15 is 0 Å². The van der Waals surface area contributed by atoms with Crippen molar-refractivity contribution in [3.05, 3.63) is 24.3 Å². The molecule has 2 atom stereocenters. The molecule has 0 spiro atoms. The lowest BCUT2D eigenvalue weighted by Crippen LogP contribution is -2.41. The first kappa shape index (κ1) is 43.0. The van der Waals surface area contributed by atoms with Gasteiger partial charge in [0.2, 0.25) is 0 Å². The molecule has 0 fully saturated rings. The first-order chi connectivity index (χ1) is 21.9. The predicted octanol–water partition coefficient (Wildman–Crippen LogP) is 10.7. The van der Waals surface area contributed by atoms with Crippen molar-refractivity contribution in [3.63, 3.8) is 0 Å². The molecule has 0 aliphatic carbocycles. The minimum atomic E-state index is -1.48. The van der Waals surface area contributed by atoms with Crippen molar-refractivity contribution in [2.24, 2.45) is 0 Å². The fourth-order valence-corrected chi connectivity index (χ4v) is 5.37. The summed E-state index contributed by atoms with van der Waals surface area (Å²) in [5.41, 5.74) is 0. The Hall–Kier alpha value is -1.95. The molecule has 45 heavy (non-hydrogen) atoms. The summed E-state index contributed by atoms with van der Waals surface area (Å²) in [6.07, 6.45) is 34.7. The Balaban J connectivity index is 4.05. The topological polar surface area (TPSA) is 89.9 Å². The van der Waals surface area contributed by atoms with Crippen molar-refractivity contribution in [1.29, 1.82) is 0 Å². The number of aliphatic hydroxyl groups is 1. The molecule has 6 heteroatoms. The third kappa shape index (κ3) is 30.5. The van der Waals surface area contributed by atoms with Crippen molar-refractivity contribution in [2.75, 3.05) is 6.61 Å². The molecule has 0 aromatic rings. The van der Waals surface area contributed by atoms with Gasteiger partial charge in [0.25, 0.3) is 0 Å². The second kappa shape index (κ2) is 33.4. The van der Waals surface area contributed by atoms with Crippen LogP contribution in [0.4, 0.5) is 0 Å². The molecule has 0 heterocycles. The molecule has 0 aliphatic rings. The monoisotopic (exact) mass is 635 g/mol. The number of ketones is 1. The van der Waals surface area contributed by atoms with E-state index in [1.807, 2.05) is 0 Å². The van der Waals surface area contributed by atoms with Gasteiger partial charge in [-0.2, -0.15) is 0 Å². The Morgan fingerprint density at radius 1 is 0.578 bits per heavy atom. The van der Waals surface area contributed by atoms with Crippen LogP contribution in [-0.4, -0.2) is 41.6 Å². The van der Waals surface area contributed by atoms with Crippen molar-refractivity contribution in [3.8, 4) is 0 Å². The summed E-state index contributed by atoms with van der Waals surface area (Å²) in [6.45, 7) is 5.42. The van der Waals surface area contributed by atoms with E-state index in [-0.39, 0.29) is 25.2 Å². The van der Waals surface area contributed by atoms with Gasteiger partial charge in [-0.05, 0) is 44.9 Å². The van der Waals surface area contributed by atoms with Crippen LogP contribution < -0.4 is 0 Å². The van der Waals surface area contributed by atoms with E-state index in [0.717, 1.165) is 51.4 Å². The normalized spacial score (nSPS) is 13.0. The molecule has 0 saturated carbocycles. The van der Waals surface area contributed by atoms with Gasteiger partial charge in [0.1, 0.15) is 6.61 Å². The summed E-state index contributed by atoms with van der Waals surface area (Å²) in [5.74, 6) is -1.37. The summed E-state index contributed by atoms with van der Waals surface area (Å²) < 4.78 is 10.4. The van der Waals surface area contributed by atoms with Crippen LogP contribution in [-0.2, 0) is 23.9 Å². The van der Waals surface area contributed by atoms with Gasteiger partial charge in [-0.1, -0.05) is 147 Å². The van der Waals surface area contributed by atoms with Gasteiger partial charge in [-0.3, -0.25) is 14.4 Å². The molecule has 6 nitrogen and oxygen atoms in total. The number of Topliss-reactive ketones (excluding diaryl/α,β-unsaturated/α-hetero) is 1. The van der Waals surface area contributed by atoms with Crippen molar-refractivity contribution in [2.45, 2.75) is 200 Å². The number of hydrogen-bond acceptors (Lipinski definition) is 6. The Morgan fingerprint density at radius 2 is 1.00 bits per heavy atom. The first-order valence-electron chi connectivity index (χ1n) is 18.8. The lowest BCUT2D eigenvalue weighted by Gasteiger charge is -2.22. The minimum absolute atomic E-state index is 0.223. The number of ether oxygens (including phenoxy) is 2. The third-order valence-corrected chi connectivity index (χ3v) is 8.27. The summed E-state index contributed by atoms with van der Waals surface area (Å²) in [7, 11) is 0. The lowest BCUT2D eigenvalue weighted by molar-refractivity contribution is -0.168. The van der Waals surface area contributed by atoms with E-state index in [1.54, 1.807) is 0 Å². The maximum atomic E-state index is 12.6. The summed E-state index contributed by atoms with van der Waals surface area (Å²) in [6, 6.07) is 0. The average Bonchev–Trinajstić information content (AvgIpc) is 3.02. The van der Waals surface area contributed by atoms with Gasteiger partial charge in [-0.25, -0.2) is 0 Å². The van der Waals surface area contributed by atoms with Gasteiger partial charge >= 0.3 is 11.9 Å². The van der Waals surface area contributed by atoms with Crippen molar-refractivity contribution >= 4 is 17.7 Å². The highest BCUT2D eigenvalue weighted by Crippen LogP contribution is 2.15. The van der Waals surface area contributed by atoms with Crippen LogP contribution in [0.3, 0.4) is 0 Å². The zero-order chi connectivity index (χ0) is 33.2. The van der Waals surface area contributed by atoms with Gasteiger partial charge in [0, 0.05) is 19.8 Å². The number of rotatable bonds is 33. The maximum absolute atomic E-state index is 12.6. The van der Waals surface area contributed by atoms with Gasteiger partial charge in [0.15, 0.2) is 18.0 Å². The van der Waals surface area contributed by atoms with Crippen LogP contribution in [0, 0.1) is 0 Å². The molecule has 0 radical (unpaired) electrons. The molecule has 0 rings (SSSR count). The number of unbranched alkanes of at least 4 members (excludes halogenated alkanes) is 20. The summed E-state index contributed by atoms with van der Waals surface area (Å²) >= 11 is 0. The molecule has 0 aliphatic heterocycles. The fourth-order valence-electron chi connectivity index (χ4n) is 5.37. The highest BCUT2D eigenvalue weighted by Gasteiger charge is 2.30. The molecule has 0 aromatic heterocycles. The molecule has 0 saturated heterocycles. The molecule has 1 N–H and O–H groups in total. The van der Waals surface area contributed by atoms with Crippen LogP contribution in [0.5, 0.6) is 0 Å². The van der Waals surface area contributed by atoms with Gasteiger partial charge in [-0.15, -0.1) is 0 Å². The van der Waals surface area contributed by atoms with E-state index in [4.69, 9.17) is 9.47 Å². The number of hydrogen-bond donors (Lipinski definition) is 1. The van der Waals surface area contributed by atoms with E-state index in [1.165, 1.54) is 96.8 Å². The zero-order valence-corrected chi connectivity index (χ0v) is 29.5. The number of carbonyl (C=O) groups is 3. The summed E-state index contributed by atoms with van der Waals surface area (Å²) in [5, 5.41) is 10.6. The Kier molecular flexibility index (Phi) is 32.0. The SMILES string of the molecule is CCCCC/C=C\C/C=C\CCCCCCCC(=O)O[C@@H](COC(C)=O)C(O)C(=O)CCCCCCCCCCCCCCC. The van der Waals surface area contributed by atoms with E-state index < -0.39 is 24.1 Å². The second-order valence-electron chi connectivity index (χ2n) is 12.7. The molecular formula is C39H70O6. The number of esters is 2. The first-order valence-corrected chi connectivity index (χ1v) is 18.8. The van der Waals surface area contributed by atoms with Crippen LogP contribution >= 0.6 is 0 Å². The van der Waals surface area contributed by atoms with Crippen molar-refractivity contribution in [1.82, 2.24) is 0 Å². The van der Waals surface area contributed by atoms with E-state index in [9.17, 15) is 19.5 Å². The zero-order valence-electron chi connectivity index (χ0n) is 29.5. The van der Waals surface area contributed by atoms with Crippen LogP contribution in [0.25, 0.3) is 0 Å². The molecule has 0 aromatic carbocycles. The third-order valence-electron chi connectivity index (χ3n) is 8.27. The average molecular weight is 635 g/mol. The molecule has 1 unspecified atom stereocenters. The predicted molar refractivity (Wildman–Crippen MR) is 187 cm³/mol. The molecule has 262 valence electrons. The largest absolute Gasteiger partial charge is 0.462 e. The van der Waals surface area contributed by atoms with Gasteiger partial charge in [0.05, 0.1) is 0 Å². The Bertz CT molecular complexity index is 759. The Morgan fingerprint density at radius 3 is 1.51 bits per heavy atom.